The Morgan fingerprint density at radius 2 is 1.95 bits per heavy atom. The first-order valence-electron chi connectivity index (χ1n) is 9.81. The maximum Gasteiger partial charge on any atom is 0.360 e. The molecule has 0 unspecified atom stereocenters. The van der Waals surface area contributed by atoms with E-state index in [1.165, 1.54) is 16.4 Å². The van der Waals surface area contributed by atoms with Gasteiger partial charge in [-0.1, -0.05) is 35.3 Å². The Morgan fingerprint density at radius 3 is 2.43 bits per heavy atom. The molecule has 2 atom stereocenters. The van der Waals surface area contributed by atoms with Gasteiger partial charge in [-0.25, -0.2) is 19.1 Å². The molecule has 1 fully saturated rings. The molecule has 3 heterocycles. The number of nitrogens with zero attached hydrogens (tertiary/aromatic N) is 4. The van der Waals surface area contributed by atoms with Crippen LogP contribution in [0.25, 0.3) is 0 Å². The number of nitrogens with one attached hydrogen (secondary N) is 2. The van der Waals surface area contributed by atoms with Crippen molar-refractivity contribution in [2.75, 3.05) is 18.6 Å². The van der Waals surface area contributed by atoms with Gasteiger partial charge in [-0.3, -0.25) is 9.59 Å². The molecule has 1 aromatic heterocycles. The normalized spacial score (nSPS) is 20.8. The van der Waals surface area contributed by atoms with E-state index in [-0.39, 0.29) is 21.4 Å². The summed E-state index contributed by atoms with van der Waals surface area (Å²) >= 11 is 3.62. The number of aryl methyl sites for hydroxylation is 1. The van der Waals surface area contributed by atoms with Crippen LogP contribution in [-0.4, -0.2) is 99.5 Å². The summed E-state index contributed by atoms with van der Waals surface area (Å²) < 4.78 is 5.62. The first kappa shape index (κ1) is 28.6. The van der Waals surface area contributed by atoms with Crippen molar-refractivity contribution in [1.82, 2.24) is 30.8 Å². The van der Waals surface area contributed by atoms with Crippen LogP contribution in [-0.2, 0) is 35.8 Å². The molecule has 1 aromatic rings. The summed E-state index contributed by atoms with van der Waals surface area (Å²) in [4.78, 5) is 59.6. The van der Waals surface area contributed by atoms with Crippen LogP contribution < -0.4 is 16.4 Å². The number of aromatic nitrogens is 4. The van der Waals surface area contributed by atoms with Crippen molar-refractivity contribution in [2.45, 2.75) is 20.8 Å². The van der Waals surface area contributed by atoms with Crippen LogP contribution in [0.15, 0.2) is 26.2 Å². The lowest BCUT2D eigenvalue weighted by atomic mass is 10.1. The van der Waals surface area contributed by atoms with Gasteiger partial charge in [0.1, 0.15) is 21.2 Å². The highest BCUT2D eigenvalue weighted by atomic mass is 32.3. The van der Waals surface area contributed by atoms with Crippen LogP contribution in [0.4, 0.5) is 0 Å². The minimum absolute atomic E-state index is 0.00000827. The Hall–Kier alpha value is -2.94. The molecule has 37 heavy (non-hydrogen) atoms. The monoisotopic (exact) mass is 593 g/mol. The molecule has 0 spiro atoms. The van der Waals surface area contributed by atoms with E-state index in [4.69, 9.17) is 15.6 Å². The zero-order valence-corrected chi connectivity index (χ0v) is 22.1. The zero-order chi connectivity index (χ0) is 27.5. The predicted molar refractivity (Wildman–Crippen MR) is 132 cm³/mol. The van der Waals surface area contributed by atoms with Crippen LogP contribution in [0.1, 0.15) is 0 Å². The number of aliphatic carboxylic acids is 3. The van der Waals surface area contributed by atoms with Crippen LogP contribution in [0, 0.1) is 0 Å². The number of primary amides is 1. The Balaban J connectivity index is 1.78. The minimum Gasteiger partial charge on any atom is -0.478 e. The molecular formula is C17H19N7O9S4. The van der Waals surface area contributed by atoms with Crippen molar-refractivity contribution in [3.8, 4) is 0 Å². The fourth-order valence-corrected chi connectivity index (χ4v) is 7.53. The smallest absolute Gasteiger partial charge is 0.360 e. The number of nitrogens with two attached hydrogens (primary N) is 1. The molecule has 200 valence electrons. The van der Waals surface area contributed by atoms with Crippen LogP contribution in [0.5, 0.6) is 0 Å². The van der Waals surface area contributed by atoms with E-state index in [0.717, 1.165) is 42.4 Å². The third kappa shape index (κ3) is 5.98. The Morgan fingerprint density at radius 1 is 1.27 bits per heavy atom. The summed E-state index contributed by atoms with van der Waals surface area (Å²) in [5.41, 5.74) is 2.17. The lowest BCUT2D eigenvalue weighted by Gasteiger charge is -2.40. The second kappa shape index (κ2) is 11.6. The molecule has 7 N–H and O–H groups in total. The summed E-state index contributed by atoms with van der Waals surface area (Å²) in [7, 11) is 2.66. The number of carbonyl (C=O) groups is 5. The number of tetrazole rings is 1. The van der Waals surface area contributed by atoms with Gasteiger partial charge in [0.15, 0.2) is 0 Å². The van der Waals surface area contributed by atoms with Crippen molar-refractivity contribution >= 4 is 76.8 Å². The highest BCUT2D eigenvalue weighted by Gasteiger charge is 2.52. The molecular weight excluding hydrogens is 574 g/mol. The molecule has 20 heteroatoms. The quantitative estimate of drug-likeness (QED) is 0.0557. The van der Waals surface area contributed by atoms with Crippen LogP contribution >= 0.6 is 47.0 Å². The van der Waals surface area contributed by atoms with E-state index in [1.54, 1.807) is 7.05 Å². The van der Waals surface area contributed by atoms with Crippen LogP contribution in [0.3, 0.4) is 0 Å². The largest absolute Gasteiger partial charge is 0.478 e. The van der Waals surface area contributed by atoms with Gasteiger partial charge in [-0.2, -0.15) is 0 Å². The van der Waals surface area contributed by atoms with Gasteiger partial charge in [0.2, 0.25) is 11.1 Å². The Labute approximate surface area is 224 Å². The third-order valence-corrected chi connectivity index (χ3v) is 10.1. The van der Waals surface area contributed by atoms with Gasteiger partial charge in [-0.05, 0) is 16.0 Å². The van der Waals surface area contributed by atoms with Gasteiger partial charge >= 0.3 is 17.9 Å². The maximum atomic E-state index is 12.8. The first-order valence-corrected chi connectivity index (χ1v) is 13.6. The lowest BCUT2D eigenvalue weighted by Crippen LogP contribution is -2.68. The molecule has 2 amide bonds. The molecule has 3 rings (SSSR count). The van der Waals surface area contributed by atoms with Crippen molar-refractivity contribution in [1.29, 1.82) is 0 Å². The number of hydrogen-bond acceptors (Lipinski definition) is 14. The summed E-state index contributed by atoms with van der Waals surface area (Å²) in [5.74, 6) is -6.25. The zero-order valence-electron chi connectivity index (χ0n) is 18.9. The van der Waals surface area contributed by atoms with E-state index in [1.807, 2.05) is 0 Å². The van der Waals surface area contributed by atoms with E-state index in [2.05, 4.69) is 26.2 Å². The topological polar surface area (TPSA) is 249 Å². The van der Waals surface area contributed by atoms with E-state index < -0.39 is 51.0 Å². The van der Waals surface area contributed by atoms with E-state index in [0.29, 0.717) is 10.7 Å². The second-order valence-corrected chi connectivity index (χ2v) is 11.9. The molecule has 0 radical (unpaired) electrons. The average molecular weight is 594 g/mol. The van der Waals surface area contributed by atoms with Gasteiger partial charge in [0.25, 0.3) is 11.6 Å². The fourth-order valence-electron chi connectivity index (χ4n) is 3.01. The van der Waals surface area contributed by atoms with Gasteiger partial charge < -0.3 is 36.4 Å². The number of hydrogen-bond donors (Lipinski definition) is 6. The molecule has 2 aliphatic heterocycles. The van der Waals surface area contributed by atoms with Crippen molar-refractivity contribution in [3.05, 3.63) is 21.1 Å². The lowest BCUT2D eigenvalue weighted by molar-refractivity contribution is -0.170. The molecule has 1 saturated heterocycles. The highest BCUT2D eigenvalue weighted by Crippen LogP contribution is 2.52. The van der Waals surface area contributed by atoms with E-state index in [9.17, 15) is 34.2 Å². The summed E-state index contributed by atoms with van der Waals surface area (Å²) in [6.45, 7) is 0. The van der Waals surface area contributed by atoms with Gasteiger partial charge in [-0.15, -0.1) is 16.9 Å². The number of methoxy groups -OCH3 is 1. The van der Waals surface area contributed by atoms with Gasteiger partial charge in [0.05, 0.1) is 4.24 Å². The Kier molecular flexibility index (Phi) is 9.00. The summed E-state index contributed by atoms with van der Waals surface area (Å²) in [5, 5.41) is 44.0. The highest BCUT2D eigenvalue weighted by molar-refractivity contribution is 8.39. The standard InChI is InChI=1S/C17H19N7O9S4/c1-24-16(21-22-23-24)35-4-5-3-34-14(19-7(5)11(29)30)17(33-2,15(31)32)20-9(26)13-36-12(37-13)6(8(18)25)10(27)28/h13-14,19H,3-4H2,1-2H3,(H2,18,25)(H,20,26)(H,27,28)(H,29,30)(H,31,32)/t13?,14-,17-/m1/s1. The summed E-state index contributed by atoms with van der Waals surface area (Å²) in [6.07, 6.45) is 0. The minimum atomic E-state index is -2.39. The van der Waals surface area contributed by atoms with Crippen LogP contribution in [0.2, 0.25) is 0 Å². The number of rotatable bonds is 11. The molecule has 0 saturated carbocycles. The van der Waals surface area contributed by atoms with E-state index >= 15 is 0 Å². The Bertz CT molecular complexity index is 1200. The summed E-state index contributed by atoms with van der Waals surface area (Å²) in [6, 6.07) is 0. The molecule has 16 nitrogen and oxygen atoms in total. The molecule has 0 bridgehead atoms. The fraction of sp³-hybridized carbons (Fsp3) is 0.412. The number of carbonyl (C=O) groups excluding carboxylic acids is 2. The van der Waals surface area contributed by atoms with Crippen molar-refractivity contribution < 1.29 is 44.0 Å². The molecule has 0 aliphatic carbocycles. The number of thioether (sulfide) groups is 4. The second-order valence-electron chi connectivity index (χ2n) is 7.13. The number of carboxylic acid groups (broad SMARTS) is 3. The predicted octanol–water partition coefficient (Wildman–Crippen LogP) is -1.57. The number of amides is 2. The third-order valence-electron chi connectivity index (χ3n) is 4.85. The maximum absolute atomic E-state index is 12.8. The van der Waals surface area contributed by atoms with Crippen molar-refractivity contribution in [3.63, 3.8) is 0 Å². The SMILES string of the molecule is CO[C@@](NC(=O)C1SC(=C(C(N)=O)C(=O)O)S1)(C(=O)O)[C@@H]1NC(C(=O)O)=C(CSc2nnnn2C)CS1. The van der Waals surface area contributed by atoms with Gasteiger partial charge in [0, 0.05) is 25.7 Å². The average Bonchev–Trinajstić information content (AvgIpc) is 3.21. The number of carboxylic acids is 3. The first-order chi connectivity index (χ1) is 17.4. The molecule has 2 aliphatic rings. The van der Waals surface area contributed by atoms with Crippen molar-refractivity contribution in [2.24, 2.45) is 12.8 Å². The molecule has 0 aromatic carbocycles. The number of ether oxygens (including phenoxy) is 1.